The third kappa shape index (κ3) is 4.94. The van der Waals surface area contributed by atoms with Crippen molar-refractivity contribution in [3.05, 3.63) is 0 Å². The molecular formula is C18H37N3. The number of hydrogen-bond donors (Lipinski definition) is 1. The first kappa shape index (κ1) is 17.2. The van der Waals surface area contributed by atoms with Gasteiger partial charge in [-0.1, -0.05) is 33.1 Å². The van der Waals surface area contributed by atoms with E-state index in [1.807, 2.05) is 0 Å². The van der Waals surface area contributed by atoms with E-state index in [-0.39, 0.29) is 0 Å². The minimum atomic E-state index is 0.725. The highest BCUT2D eigenvalue weighted by molar-refractivity contribution is 4.88. The first-order valence-electron chi connectivity index (χ1n) is 9.26. The number of hydrogen-bond acceptors (Lipinski definition) is 3. The van der Waals surface area contributed by atoms with Gasteiger partial charge in [-0.25, -0.2) is 0 Å². The fourth-order valence-corrected chi connectivity index (χ4v) is 4.42. The Bertz CT molecular complexity index is 294. The molecule has 21 heavy (non-hydrogen) atoms. The molecule has 2 fully saturated rings. The van der Waals surface area contributed by atoms with Gasteiger partial charge in [-0.05, 0) is 51.7 Å². The molecule has 2 rings (SSSR count). The Morgan fingerprint density at radius 1 is 1.14 bits per heavy atom. The van der Waals surface area contributed by atoms with Gasteiger partial charge in [-0.2, -0.15) is 0 Å². The van der Waals surface area contributed by atoms with Crippen LogP contribution in [0.25, 0.3) is 0 Å². The first-order chi connectivity index (χ1) is 10.1. The van der Waals surface area contributed by atoms with Crippen LogP contribution in [0, 0.1) is 11.8 Å². The second kappa shape index (κ2) is 8.50. The van der Waals surface area contributed by atoms with Gasteiger partial charge < -0.3 is 15.1 Å². The van der Waals surface area contributed by atoms with Crippen molar-refractivity contribution in [1.82, 2.24) is 15.1 Å². The average Bonchev–Trinajstić information content (AvgIpc) is 2.50. The van der Waals surface area contributed by atoms with E-state index in [0.29, 0.717) is 0 Å². The lowest BCUT2D eigenvalue weighted by molar-refractivity contribution is 0.0872. The Balaban J connectivity index is 1.94. The zero-order valence-corrected chi connectivity index (χ0v) is 14.8. The van der Waals surface area contributed by atoms with Crippen LogP contribution in [0.2, 0.25) is 0 Å². The van der Waals surface area contributed by atoms with Gasteiger partial charge in [-0.15, -0.1) is 0 Å². The summed E-state index contributed by atoms with van der Waals surface area (Å²) >= 11 is 0. The summed E-state index contributed by atoms with van der Waals surface area (Å²) in [7, 11) is 4.59. The number of nitrogens with one attached hydrogen (secondary N) is 1. The van der Waals surface area contributed by atoms with Crippen LogP contribution in [-0.4, -0.2) is 62.2 Å². The summed E-state index contributed by atoms with van der Waals surface area (Å²) in [5, 5.41) is 3.83. The molecule has 2 aliphatic rings. The molecule has 1 saturated carbocycles. The Morgan fingerprint density at radius 3 is 2.67 bits per heavy atom. The van der Waals surface area contributed by atoms with E-state index < -0.39 is 0 Å². The zero-order chi connectivity index (χ0) is 15.2. The number of nitrogens with zero attached hydrogens (tertiary/aromatic N) is 2. The lowest BCUT2D eigenvalue weighted by atomic mass is 9.75. The quantitative estimate of drug-likeness (QED) is 0.813. The van der Waals surface area contributed by atoms with Crippen molar-refractivity contribution in [3.63, 3.8) is 0 Å². The highest BCUT2D eigenvalue weighted by Gasteiger charge is 2.31. The molecule has 3 heteroatoms. The van der Waals surface area contributed by atoms with E-state index in [0.717, 1.165) is 30.5 Å². The molecule has 0 amide bonds. The van der Waals surface area contributed by atoms with Crippen LogP contribution in [0.4, 0.5) is 0 Å². The van der Waals surface area contributed by atoms with Gasteiger partial charge >= 0.3 is 0 Å². The predicted octanol–water partition coefficient (Wildman–Crippen LogP) is 2.82. The number of likely N-dealkylation sites (N-methyl/N-ethyl adjacent to an activating group) is 2. The third-order valence-corrected chi connectivity index (χ3v) is 5.94. The van der Waals surface area contributed by atoms with Gasteiger partial charge in [0.05, 0.1) is 0 Å². The Hall–Kier alpha value is -0.120. The maximum Gasteiger partial charge on any atom is 0.0235 e. The molecule has 4 unspecified atom stereocenters. The van der Waals surface area contributed by atoms with Crippen molar-refractivity contribution in [2.24, 2.45) is 11.8 Å². The summed E-state index contributed by atoms with van der Waals surface area (Å²) in [6.45, 7) is 9.44. The standard InChI is InChI=1S/C18H37N3/c1-5-15-8-7-9-16(12-15)18(19-6-2)13-17-14-20(3)10-11-21(17)4/h15-19H,5-14H2,1-4H3. The largest absolute Gasteiger partial charge is 0.314 e. The fraction of sp³-hybridized carbons (Fsp3) is 1.00. The van der Waals surface area contributed by atoms with Gasteiger partial charge in [0.2, 0.25) is 0 Å². The summed E-state index contributed by atoms with van der Waals surface area (Å²) in [6.07, 6.45) is 8.53. The molecule has 1 heterocycles. The Kier molecular flexibility index (Phi) is 6.97. The summed E-state index contributed by atoms with van der Waals surface area (Å²) < 4.78 is 0. The van der Waals surface area contributed by atoms with Crippen LogP contribution < -0.4 is 5.32 Å². The van der Waals surface area contributed by atoms with Crippen LogP contribution in [-0.2, 0) is 0 Å². The maximum atomic E-state index is 3.83. The van der Waals surface area contributed by atoms with Crippen molar-refractivity contribution in [2.75, 3.05) is 40.3 Å². The average molecular weight is 296 g/mol. The van der Waals surface area contributed by atoms with Crippen molar-refractivity contribution >= 4 is 0 Å². The van der Waals surface area contributed by atoms with E-state index in [2.05, 4.69) is 43.1 Å². The number of piperazine rings is 1. The molecule has 1 saturated heterocycles. The van der Waals surface area contributed by atoms with Crippen LogP contribution in [0.1, 0.15) is 52.4 Å². The van der Waals surface area contributed by atoms with E-state index in [9.17, 15) is 0 Å². The summed E-state index contributed by atoms with van der Waals surface area (Å²) in [6, 6.07) is 1.46. The van der Waals surface area contributed by atoms with Crippen molar-refractivity contribution in [2.45, 2.75) is 64.5 Å². The number of rotatable bonds is 6. The van der Waals surface area contributed by atoms with E-state index in [1.165, 1.54) is 58.2 Å². The molecule has 124 valence electrons. The highest BCUT2D eigenvalue weighted by atomic mass is 15.3. The van der Waals surface area contributed by atoms with Gasteiger partial charge in [0.15, 0.2) is 0 Å². The molecule has 0 aromatic rings. The van der Waals surface area contributed by atoms with Crippen LogP contribution in [0.3, 0.4) is 0 Å². The normalized spacial score (nSPS) is 34.0. The van der Waals surface area contributed by atoms with E-state index >= 15 is 0 Å². The van der Waals surface area contributed by atoms with Gasteiger partial charge in [-0.3, -0.25) is 0 Å². The second-order valence-electron chi connectivity index (χ2n) is 7.50. The molecular weight excluding hydrogens is 258 g/mol. The molecule has 0 aromatic carbocycles. The molecule has 1 aliphatic carbocycles. The van der Waals surface area contributed by atoms with Gasteiger partial charge in [0.25, 0.3) is 0 Å². The summed E-state index contributed by atoms with van der Waals surface area (Å²) in [4.78, 5) is 5.09. The molecule has 0 radical (unpaired) electrons. The van der Waals surface area contributed by atoms with E-state index in [4.69, 9.17) is 0 Å². The fourth-order valence-electron chi connectivity index (χ4n) is 4.42. The first-order valence-corrected chi connectivity index (χ1v) is 9.26. The van der Waals surface area contributed by atoms with Gasteiger partial charge in [0.1, 0.15) is 0 Å². The topological polar surface area (TPSA) is 18.5 Å². The molecule has 0 bridgehead atoms. The molecule has 4 atom stereocenters. The molecule has 1 aliphatic heterocycles. The lowest BCUT2D eigenvalue weighted by Crippen LogP contribution is -2.53. The molecule has 0 aromatic heterocycles. The summed E-state index contributed by atoms with van der Waals surface area (Å²) in [5.74, 6) is 1.89. The van der Waals surface area contributed by atoms with Crippen molar-refractivity contribution in [3.8, 4) is 0 Å². The predicted molar refractivity (Wildman–Crippen MR) is 91.7 cm³/mol. The molecule has 0 spiro atoms. The lowest BCUT2D eigenvalue weighted by Gasteiger charge is -2.42. The maximum absolute atomic E-state index is 3.83. The monoisotopic (exact) mass is 295 g/mol. The van der Waals surface area contributed by atoms with Crippen LogP contribution >= 0.6 is 0 Å². The van der Waals surface area contributed by atoms with E-state index in [1.54, 1.807) is 0 Å². The Morgan fingerprint density at radius 2 is 1.95 bits per heavy atom. The molecule has 3 nitrogen and oxygen atoms in total. The second-order valence-corrected chi connectivity index (χ2v) is 7.50. The minimum Gasteiger partial charge on any atom is -0.314 e. The van der Waals surface area contributed by atoms with Crippen molar-refractivity contribution in [1.29, 1.82) is 0 Å². The third-order valence-electron chi connectivity index (χ3n) is 5.94. The smallest absolute Gasteiger partial charge is 0.0235 e. The SMILES string of the molecule is CCNC(CC1CN(C)CCN1C)C1CCCC(CC)C1. The molecule has 1 N–H and O–H groups in total. The summed E-state index contributed by atoms with van der Waals surface area (Å²) in [5.41, 5.74) is 0. The Labute approximate surface area is 132 Å². The zero-order valence-electron chi connectivity index (χ0n) is 14.8. The van der Waals surface area contributed by atoms with Crippen LogP contribution in [0.5, 0.6) is 0 Å². The van der Waals surface area contributed by atoms with Crippen LogP contribution in [0.15, 0.2) is 0 Å². The minimum absolute atomic E-state index is 0.725. The highest BCUT2D eigenvalue weighted by Crippen LogP contribution is 2.34. The van der Waals surface area contributed by atoms with Crippen molar-refractivity contribution < 1.29 is 0 Å². The van der Waals surface area contributed by atoms with Gasteiger partial charge in [0, 0.05) is 31.7 Å².